The highest BCUT2D eigenvalue weighted by atomic mass is 16.6. The van der Waals surface area contributed by atoms with Crippen LogP contribution in [0.2, 0.25) is 0 Å². The highest BCUT2D eigenvalue weighted by molar-refractivity contribution is 6.09. The molecule has 0 N–H and O–H groups in total. The van der Waals surface area contributed by atoms with Gasteiger partial charge in [0.05, 0.1) is 25.3 Å². The predicted octanol–water partition coefficient (Wildman–Crippen LogP) is 5.85. The lowest BCUT2D eigenvalue weighted by molar-refractivity contribution is -0.0747. The molecule has 7 rings (SSSR count). The number of fused-ring (bicyclic) bond motifs is 6. The maximum Gasteiger partial charge on any atom is 0.410 e. The molecule has 190 valence electrons. The highest BCUT2D eigenvalue weighted by Gasteiger charge is 2.45. The van der Waals surface area contributed by atoms with Crippen molar-refractivity contribution < 1.29 is 19.1 Å². The molecule has 0 spiro atoms. The number of piperidine rings is 1. The second-order valence-corrected chi connectivity index (χ2v) is 10.5. The molecule has 1 aromatic heterocycles. The monoisotopic (exact) mass is 504 g/mol. The maximum atomic E-state index is 13.7. The number of carbonyl (C=O) groups excluding carboxylic acids is 2. The quantitative estimate of drug-likeness (QED) is 0.326. The minimum atomic E-state index is -0.314. The Bertz CT molecular complexity index is 1480. The largest absolute Gasteiger partial charge is 0.448 e. The molecule has 0 saturated carbocycles. The van der Waals surface area contributed by atoms with Gasteiger partial charge in [-0.2, -0.15) is 0 Å². The van der Waals surface area contributed by atoms with Crippen LogP contribution in [0.15, 0.2) is 85.2 Å². The Hall–Kier alpha value is -4.03. The van der Waals surface area contributed by atoms with E-state index in [9.17, 15) is 9.59 Å². The van der Waals surface area contributed by atoms with Crippen LogP contribution in [0.5, 0.6) is 0 Å². The number of hydrogen-bond acceptors (Lipinski definition) is 5. The van der Waals surface area contributed by atoms with E-state index >= 15 is 0 Å². The summed E-state index contributed by atoms with van der Waals surface area (Å²) >= 11 is 0. The molecule has 2 aliphatic heterocycles. The summed E-state index contributed by atoms with van der Waals surface area (Å²) in [5.74, 6) is -0.0356. The highest BCUT2D eigenvalue weighted by Crippen LogP contribution is 2.45. The number of Topliss-reactive ketones (excluding diaryl/α,β-unsaturated/α-hetero) is 1. The fourth-order valence-electron chi connectivity index (χ4n) is 6.64. The number of aromatic nitrogens is 1. The van der Waals surface area contributed by atoms with Gasteiger partial charge in [-0.05, 0) is 46.5 Å². The first-order chi connectivity index (χ1) is 18.7. The van der Waals surface area contributed by atoms with Crippen LogP contribution >= 0.6 is 0 Å². The number of morpholine rings is 1. The molecule has 2 unspecified atom stereocenters. The number of pyridine rings is 1. The van der Waals surface area contributed by atoms with Crippen LogP contribution in [0.1, 0.15) is 40.2 Å². The SMILES string of the molecule is O=C(c1cccc2ccncc12)C1CC2COCC(C1)N2C(=O)OCC1c2ccccc2-c2ccccc21. The normalized spacial score (nSPS) is 22.1. The topological polar surface area (TPSA) is 68.7 Å². The van der Waals surface area contributed by atoms with E-state index in [4.69, 9.17) is 9.47 Å². The van der Waals surface area contributed by atoms with Crippen LogP contribution in [0.4, 0.5) is 4.79 Å². The van der Waals surface area contributed by atoms with Crippen LogP contribution in [0.3, 0.4) is 0 Å². The van der Waals surface area contributed by atoms with E-state index in [1.165, 1.54) is 22.3 Å². The zero-order valence-electron chi connectivity index (χ0n) is 21.0. The standard InChI is InChI=1S/C32H28N2O4/c35-31(28-11-5-6-20-12-13-33-16-29(20)28)21-14-22-17-37-18-23(15-21)34(22)32(36)38-19-30-26-9-3-1-7-24(26)25-8-2-4-10-27(25)30/h1-13,16,21-23,30H,14-15,17-19H2. The molecule has 4 aromatic rings. The Morgan fingerprint density at radius 2 is 1.55 bits per heavy atom. The van der Waals surface area contributed by atoms with Crippen molar-refractivity contribution in [2.45, 2.75) is 30.8 Å². The third kappa shape index (κ3) is 3.79. The summed E-state index contributed by atoms with van der Waals surface area (Å²) in [4.78, 5) is 33.2. The van der Waals surface area contributed by atoms with Gasteiger partial charge in [0, 0.05) is 35.2 Å². The number of ether oxygens (including phenoxy) is 2. The summed E-state index contributed by atoms with van der Waals surface area (Å²) in [5.41, 5.74) is 5.50. The molecular weight excluding hydrogens is 476 g/mol. The van der Waals surface area contributed by atoms with Gasteiger partial charge in [0.15, 0.2) is 5.78 Å². The third-order valence-corrected chi connectivity index (χ3v) is 8.39. The first kappa shape index (κ1) is 23.1. The van der Waals surface area contributed by atoms with Crippen molar-refractivity contribution in [1.29, 1.82) is 0 Å². The van der Waals surface area contributed by atoms with E-state index in [1.807, 2.05) is 53.4 Å². The van der Waals surface area contributed by atoms with Gasteiger partial charge in [-0.3, -0.25) is 14.7 Å². The summed E-state index contributed by atoms with van der Waals surface area (Å²) in [6.07, 6.45) is 4.32. The van der Waals surface area contributed by atoms with Crippen molar-refractivity contribution in [3.63, 3.8) is 0 Å². The number of hydrogen-bond donors (Lipinski definition) is 0. The van der Waals surface area contributed by atoms with Crippen molar-refractivity contribution in [1.82, 2.24) is 9.88 Å². The Morgan fingerprint density at radius 3 is 2.26 bits per heavy atom. The van der Waals surface area contributed by atoms with Gasteiger partial charge in [0.2, 0.25) is 0 Å². The Kier molecular flexibility index (Phi) is 5.70. The van der Waals surface area contributed by atoms with Gasteiger partial charge in [-0.1, -0.05) is 66.7 Å². The van der Waals surface area contributed by atoms with Gasteiger partial charge >= 0.3 is 6.09 Å². The first-order valence-corrected chi connectivity index (χ1v) is 13.3. The Balaban J connectivity index is 1.08. The molecule has 1 aliphatic carbocycles. The number of carbonyl (C=O) groups is 2. The van der Waals surface area contributed by atoms with Crippen LogP contribution in [-0.4, -0.2) is 53.7 Å². The molecule has 2 saturated heterocycles. The van der Waals surface area contributed by atoms with Crippen molar-refractivity contribution in [3.8, 4) is 11.1 Å². The second kappa shape index (κ2) is 9.37. The molecule has 1 amide bonds. The molecule has 6 heteroatoms. The van der Waals surface area contributed by atoms with E-state index in [-0.39, 0.29) is 42.4 Å². The summed E-state index contributed by atoms with van der Waals surface area (Å²) < 4.78 is 11.8. The minimum absolute atomic E-state index is 0.0153. The van der Waals surface area contributed by atoms with Crippen LogP contribution in [0.25, 0.3) is 21.9 Å². The van der Waals surface area contributed by atoms with Gasteiger partial charge in [0.1, 0.15) is 6.61 Å². The minimum Gasteiger partial charge on any atom is -0.448 e. The van der Waals surface area contributed by atoms with Crippen molar-refractivity contribution >= 4 is 22.6 Å². The molecule has 3 aromatic carbocycles. The van der Waals surface area contributed by atoms with Gasteiger partial charge < -0.3 is 9.47 Å². The molecular formula is C32H28N2O4. The van der Waals surface area contributed by atoms with Gasteiger partial charge in [-0.25, -0.2) is 4.79 Å². The predicted molar refractivity (Wildman–Crippen MR) is 144 cm³/mol. The van der Waals surface area contributed by atoms with Crippen molar-refractivity contribution in [2.75, 3.05) is 19.8 Å². The summed E-state index contributed by atoms with van der Waals surface area (Å²) in [7, 11) is 0. The lowest BCUT2D eigenvalue weighted by Gasteiger charge is -2.47. The summed E-state index contributed by atoms with van der Waals surface area (Å²) in [6.45, 7) is 1.12. The average Bonchev–Trinajstić information content (AvgIpc) is 3.28. The van der Waals surface area contributed by atoms with Crippen LogP contribution in [-0.2, 0) is 9.47 Å². The maximum absolute atomic E-state index is 13.7. The van der Waals surface area contributed by atoms with Gasteiger partial charge in [-0.15, -0.1) is 0 Å². The zero-order valence-corrected chi connectivity index (χ0v) is 21.0. The fourth-order valence-corrected chi connectivity index (χ4v) is 6.64. The number of nitrogens with zero attached hydrogens (tertiary/aromatic N) is 2. The average molecular weight is 505 g/mol. The van der Waals surface area contributed by atoms with E-state index in [1.54, 1.807) is 12.4 Å². The zero-order chi connectivity index (χ0) is 25.6. The van der Waals surface area contributed by atoms with E-state index in [0.717, 1.165) is 10.8 Å². The first-order valence-electron chi connectivity index (χ1n) is 13.3. The molecule has 3 heterocycles. The fraction of sp³-hybridized carbons (Fsp3) is 0.281. The van der Waals surface area contributed by atoms with Crippen molar-refractivity contribution in [3.05, 3.63) is 102 Å². The molecule has 38 heavy (non-hydrogen) atoms. The van der Waals surface area contributed by atoms with E-state index in [2.05, 4.69) is 29.2 Å². The smallest absolute Gasteiger partial charge is 0.410 e. The summed E-state index contributed by atoms with van der Waals surface area (Å²) in [6, 6.07) is 24.0. The van der Waals surface area contributed by atoms with E-state index in [0.29, 0.717) is 31.6 Å². The van der Waals surface area contributed by atoms with E-state index < -0.39 is 0 Å². The Morgan fingerprint density at radius 1 is 0.868 bits per heavy atom. The van der Waals surface area contributed by atoms with Crippen LogP contribution in [0, 0.1) is 5.92 Å². The van der Waals surface area contributed by atoms with Crippen molar-refractivity contribution in [2.24, 2.45) is 5.92 Å². The number of amides is 1. The molecule has 2 bridgehead atoms. The number of ketones is 1. The lowest BCUT2D eigenvalue weighted by Crippen LogP contribution is -2.60. The molecule has 0 radical (unpaired) electrons. The molecule has 6 nitrogen and oxygen atoms in total. The number of benzene rings is 3. The second-order valence-electron chi connectivity index (χ2n) is 10.5. The van der Waals surface area contributed by atoms with Gasteiger partial charge in [0.25, 0.3) is 0 Å². The molecule has 3 aliphatic rings. The van der Waals surface area contributed by atoms with Crippen LogP contribution < -0.4 is 0 Å². The lowest BCUT2D eigenvalue weighted by atomic mass is 9.80. The number of rotatable bonds is 4. The third-order valence-electron chi connectivity index (χ3n) is 8.39. The summed E-state index contributed by atoms with van der Waals surface area (Å²) in [5, 5.41) is 1.88. The molecule has 2 atom stereocenters. The Labute approximate surface area is 221 Å². The molecule has 2 fully saturated rings.